The van der Waals surface area contributed by atoms with Gasteiger partial charge in [-0.05, 0) is 45.8 Å². The summed E-state index contributed by atoms with van der Waals surface area (Å²) >= 11 is 12.6. The molecule has 1 aliphatic heterocycles. The molecule has 0 bridgehead atoms. The Bertz CT molecular complexity index is 627. The van der Waals surface area contributed by atoms with Crippen molar-refractivity contribution in [2.24, 2.45) is 0 Å². The summed E-state index contributed by atoms with van der Waals surface area (Å²) in [5.41, 5.74) is 1.14. The van der Waals surface area contributed by atoms with Gasteiger partial charge in [-0.1, -0.05) is 31.9 Å². The standard InChI is InChI=1S/C14H11Br3O2S/c15-9-7-11-10(18-4-1-5-19-11)6-8(9)14(17)12-2-3-13(16)20-12/h2-3,6-7,14H,1,4-5H2. The van der Waals surface area contributed by atoms with Crippen molar-refractivity contribution in [1.82, 2.24) is 0 Å². The van der Waals surface area contributed by atoms with Gasteiger partial charge in [-0.2, -0.15) is 0 Å². The molecule has 0 N–H and O–H groups in total. The lowest BCUT2D eigenvalue weighted by Crippen LogP contribution is -1.97. The Labute approximate surface area is 146 Å². The molecule has 0 aliphatic carbocycles. The summed E-state index contributed by atoms with van der Waals surface area (Å²) in [5.74, 6) is 1.63. The second-order valence-corrected chi connectivity index (χ2v) is 8.64. The molecule has 1 atom stereocenters. The fourth-order valence-corrected chi connectivity index (χ4v) is 5.10. The number of rotatable bonds is 2. The average Bonchev–Trinajstić information content (AvgIpc) is 2.73. The number of hydrogen-bond donors (Lipinski definition) is 0. The molecule has 1 aromatic heterocycles. The molecule has 0 saturated heterocycles. The van der Waals surface area contributed by atoms with Gasteiger partial charge in [0.1, 0.15) is 0 Å². The Morgan fingerprint density at radius 2 is 1.75 bits per heavy atom. The molecule has 106 valence electrons. The predicted molar refractivity (Wildman–Crippen MR) is 92.5 cm³/mol. The summed E-state index contributed by atoms with van der Waals surface area (Å²) in [6, 6.07) is 8.22. The minimum absolute atomic E-state index is 0.130. The lowest BCUT2D eigenvalue weighted by molar-refractivity contribution is 0.297. The molecule has 0 amide bonds. The highest BCUT2D eigenvalue weighted by molar-refractivity contribution is 9.11. The lowest BCUT2D eigenvalue weighted by atomic mass is 10.1. The molecule has 1 unspecified atom stereocenters. The first-order valence-corrected chi connectivity index (χ1v) is 9.45. The fraction of sp³-hybridized carbons (Fsp3) is 0.286. The zero-order valence-electron chi connectivity index (χ0n) is 10.4. The van der Waals surface area contributed by atoms with Gasteiger partial charge in [0, 0.05) is 15.8 Å². The SMILES string of the molecule is Brc1ccc(C(Br)c2cc3c(cc2Br)OCCCO3)s1. The highest BCUT2D eigenvalue weighted by atomic mass is 79.9. The number of hydrogen-bond acceptors (Lipinski definition) is 3. The fourth-order valence-electron chi connectivity index (χ4n) is 2.01. The zero-order chi connectivity index (χ0) is 14.1. The number of halogens is 3. The molecular weight excluding hydrogens is 472 g/mol. The van der Waals surface area contributed by atoms with E-state index in [4.69, 9.17) is 9.47 Å². The van der Waals surface area contributed by atoms with E-state index in [2.05, 4.69) is 66.0 Å². The Balaban J connectivity index is 1.99. The Hall–Kier alpha value is -0.0400. The maximum Gasteiger partial charge on any atom is 0.162 e. The van der Waals surface area contributed by atoms with Crippen LogP contribution in [-0.4, -0.2) is 13.2 Å². The van der Waals surface area contributed by atoms with E-state index in [1.165, 1.54) is 4.88 Å². The second kappa shape index (κ2) is 6.38. The van der Waals surface area contributed by atoms with Crippen molar-refractivity contribution < 1.29 is 9.47 Å². The third kappa shape index (κ3) is 3.08. The Morgan fingerprint density at radius 3 is 2.40 bits per heavy atom. The molecule has 2 heterocycles. The minimum atomic E-state index is 0.130. The largest absolute Gasteiger partial charge is 0.490 e. The number of benzene rings is 1. The van der Waals surface area contributed by atoms with Crippen LogP contribution in [0.15, 0.2) is 32.5 Å². The molecule has 1 aliphatic rings. The van der Waals surface area contributed by atoms with Crippen molar-refractivity contribution in [3.05, 3.63) is 43.0 Å². The highest BCUT2D eigenvalue weighted by Crippen LogP contribution is 2.44. The Morgan fingerprint density at radius 1 is 1.05 bits per heavy atom. The van der Waals surface area contributed by atoms with Crippen molar-refractivity contribution in [2.45, 2.75) is 11.2 Å². The molecule has 0 saturated carbocycles. The zero-order valence-corrected chi connectivity index (χ0v) is 15.9. The van der Waals surface area contributed by atoms with Gasteiger partial charge >= 0.3 is 0 Å². The van der Waals surface area contributed by atoms with Crippen molar-refractivity contribution in [3.63, 3.8) is 0 Å². The van der Waals surface area contributed by atoms with Crippen LogP contribution < -0.4 is 9.47 Å². The van der Waals surface area contributed by atoms with E-state index in [-0.39, 0.29) is 4.83 Å². The third-order valence-corrected chi connectivity index (χ3v) is 6.65. The van der Waals surface area contributed by atoms with Gasteiger partial charge in [0.2, 0.25) is 0 Å². The summed E-state index contributed by atoms with van der Waals surface area (Å²) in [6.07, 6.45) is 0.914. The molecule has 0 fully saturated rings. The van der Waals surface area contributed by atoms with Gasteiger partial charge in [0.05, 0.1) is 21.8 Å². The molecule has 0 radical (unpaired) electrons. The topological polar surface area (TPSA) is 18.5 Å². The van der Waals surface area contributed by atoms with Crippen LogP contribution in [0.2, 0.25) is 0 Å². The van der Waals surface area contributed by atoms with Crippen LogP contribution in [0.4, 0.5) is 0 Å². The van der Waals surface area contributed by atoms with Crippen LogP contribution in [0.3, 0.4) is 0 Å². The molecule has 2 nitrogen and oxygen atoms in total. The van der Waals surface area contributed by atoms with E-state index in [9.17, 15) is 0 Å². The average molecular weight is 483 g/mol. The van der Waals surface area contributed by atoms with Crippen molar-refractivity contribution in [3.8, 4) is 11.5 Å². The maximum atomic E-state index is 5.76. The molecular formula is C14H11Br3O2S. The minimum Gasteiger partial charge on any atom is -0.490 e. The van der Waals surface area contributed by atoms with Gasteiger partial charge < -0.3 is 9.47 Å². The van der Waals surface area contributed by atoms with Gasteiger partial charge in [0.25, 0.3) is 0 Å². The number of ether oxygens (including phenoxy) is 2. The van der Waals surface area contributed by atoms with Crippen LogP contribution in [0, 0.1) is 0 Å². The number of alkyl halides is 1. The van der Waals surface area contributed by atoms with Crippen LogP contribution in [0.1, 0.15) is 21.7 Å². The smallest absolute Gasteiger partial charge is 0.162 e. The van der Waals surface area contributed by atoms with Crippen LogP contribution in [0.5, 0.6) is 11.5 Å². The van der Waals surface area contributed by atoms with Crippen LogP contribution in [0.25, 0.3) is 0 Å². The van der Waals surface area contributed by atoms with E-state index < -0.39 is 0 Å². The van der Waals surface area contributed by atoms with Crippen LogP contribution in [-0.2, 0) is 0 Å². The van der Waals surface area contributed by atoms with E-state index >= 15 is 0 Å². The molecule has 6 heteroatoms. The van der Waals surface area contributed by atoms with Crippen molar-refractivity contribution >= 4 is 59.1 Å². The molecule has 3 rings (SSSR count). The van der Waals surface area contributed by atoms with Gasteiger partial charge in [0.15, 0.2) is 11.5 Å². The van der Waals surface area contributed by atoms with E-state index in [1.54, 1.807) is 11.3 Å². The monoisotopic (exact) mass is 480 g/mol. The summed E-state index contributed by atoms with van der Waals surface area (Å²) in [6.45, 7) is 1.40. The highest BCUT2D eigenvalue weighted by Gasteiger charge is 2.20. The molecule has 1 aromatic carbocycles. The van der Waals surface area contributed by atoms with E-state index in [0.717, 1.165) is 31.7 Å². The number of fused-ring (bicyclic) bond motifs is 1. The summed E-state index contributed by atoms with van der Waals surface area (Å²) < 4.78 is 13.6. The quantitative estimate of drug-likeness (QED) is 0.495. The van der Waals surface area contributed by atoms with Gasteiger partial charge in [-0.25, -0.2) is 0 Å². The summed E-state index contributed by atoms with van der Waals surface area (Å²) in [7, 11) is 0. The first-order chi connectivity index (χ1) is 9.65. The van der Waals surface area contributed by atoms with E-state index in [1.807, 2.05) is 6.07 Å². The lowest BCUT2D eigenvalue weighted by Gasteiger charge is -2.15. The Kier molecular flexibility index (Phi) is 4.75. The second-order valence-electron chi connectivity index (χ2n) is 4.38. The van der Waals surface area contributed by atoms with Crippen LogP contribution >= 0.6 is 59.1 Å². The molecule has 20 heavy (non-hydrogen) atoms. The van der Waals surface area contributed by atoms with Gasteiger partial charge in [-0.15, -0.1) is 11.3 Å². The first-order valence-electron chi connectivity index (χ1n) is 6.13. The van der Waals surface area contributed by atoms with Crippen molar-refractivity contribution in [2.75, 3.05) is 13.2 Å². The number of thiophene rings is 1. The molecule has 0 spiro atoms. The summed E-state index contributed by atoms with van der Waals surface area (Å²) in [5, 5.41) is 0. The molecule has 2 aromatic rings. The first kappa shape index (κ1) is 14.9. The van der Waals surface area contributed by atoms with Gasteiger partial charge in [-0.3, -0.25) is 0 Å². The van der Waals surface area contributed by atoms with E-state index in [0.29, 0.717) is 13.2 Å². The normalized spacial score (nSPS) is 15.8. The van der Waals surface area contributed by atoms with Crippen molar-refractivity contribution in [1.29, 1.82) is 0 Å². The summed E-state index contributed by atoms with van der Waals surface area (Å²) in [4.78, 5) is 1.37. The predicted octanol–water partition coefficient (Wildman–Crippen LogP) is 5.92. The maximum absolute atomic E-state index is 5.76. The third-order valence-electron chi connectivity index (χ3n) is 2.98.